The lowest BCUT2D eigenvalue weighted by Gasteiger charge is -2.28. The maximum Gasteiger partial charge on any atom is -0.00263 e. The number of rotatable bonds is 19. The van der Waals surface area contributed by atoms with Crippen LogP contribution in [0.5, 0.6) is 0 Å². The summed E-state index contributed by atoms with van der Waals surface area (Å²) in [5.74, 6) is 2.15. The molecule has 0 aliphatic carbocycles. The normalized spacial score (nSPS) is 14.2. The first-order valence-electron chi connectivity index (χ1n) is 23.4. The van der Waals surface area contributed by atoms with E-state index < -0.39 is 0 Å². The fourth-order valence-corrected chi connectivity index (χ4v) is 9.78. The molecule has 0 fully saturated rings. The van der Waals surface area contributed by atoms with Crippen LogP contribution in [0.4, 0.5) is 0 Å². The van der Waals surface area contributed by atoms with Crippen molar-refractivity contribution in [3.8, 4) is 11.1 Å². The Hall–Kier alpha value is -3.12. The maximum absolute atomic E-state index is 2.66. The molecule has 0 amide bonds. The van der Waals surface area contributed by atoms with E-state index in [4.69, 9.17) is 0 Å². The molecule has 5 rings (SSSR count). The van der Waals surface area contributed by atoms with Gasteiger partial charge in [0.15, 0.2) is 0 Å². The maximum atomic E-state index is 2.66. The molecular formula is C56H80. The molecule has 0 N–H and O–H groups in total. The Morgan fingerprint density at radius 3 is 1.46 bits per heavy atom. The Morgan fingerprint density at radius 1 is 0.446 bits per heavy atom. The van der Waals surface area contributed by atoms with Crippen LogP contribution in [-0.4, -0.2) is 0 Å². The van der Waals surface area contributed by atoms with Gasteiger partial charge in [-0.25, -0.2) is 0 Å². The molecular weight excluding hydrogens is 673 g/mol. The largest absolute Gasteiger partial charge is 0.0654 e. The number of unbranched alkanes of at least 4 members (excludes halogenated alkanes) is 3. The van der Waals surface area contributed by atoms with Crippen LogP contribution in [0.3, 0.4) is 0 Å². The highest BCUT2D eigenvalue weighted by Crippen LogP contribution is 2.46. The highest BCUT2D eigenvalue weighted by Gasteiger charge is 2.26. The molecule has 0 aromatic heterocycles. The smallest absolute Gasteiger partial charge is 0.00263 e. The summed E-state index contributed by atoms with van der Waals surface area (Å²) in [5, 5.41) is 8.71. The Morgan fingerprint density at radius 2 is 0.946 bits per heavy atom. The van der Waals surface area contributed by atoms with E-state index in [1.165, 1.54) is 144 Å². The molecule has 0 heteroatoms. The van der Waals surface area contributed by atoms with Gasteiger partial charge in [-0.3, -0.25) is 0 Å². The average molecular weight is 753 g/mol. The summed E-state index contributed by atoms with van der Waals surface area (Å²) in [6.45, 7) is 28.8. The fourth-order valence-electron chi connectivity index (χ4n) is 9.78. The van der Waals surface area contributed by atoms with Crippen LogP contribution in [0.2, 0.25) is 0 Å². The molecule has 304 valence electrons. The molecule has 0 saturated carbocycles. The van der Waals surface area contributed by atoms with Gasteiger partial charge in [0.2, 0.25) is 0 Å². The summed E-state index contributed by atoms with van der Waals surface area (Å²) in [4.78, 5) is 0. The zero-order chi connectivity index (χ0) is 40.6. The molecule has 0 nitrogen and oxygen atoms in total. The summed E-state index contributed by atoms with van der Waals surface area (Å²) in [7, 11) is 0. The highest BCUT2D eigenvalue weighted by atomic mass is 14.3. The molecule has 0 spiro atoms. The van der Waals surface area contributed by atoms with Crippen LogP contribution < -0.4 is 0 Å². The number of benzene rings is 5. The molecule has 56 heavy (non-hydrogen) atoms. The third kappa shape index (κ3) is 10.3. The topological polar surface area (TPSA) is 0 Å². The van der Waals surface area contributed by atoms with E-state index in [1.807, 2.05) is 0 Å². The quantitative estimate of drug-likeness (QED) is 0.0737. The zero-order valence-electron chi connectivity index (χ0n) is 38.2. The second kappa shape index (κ2) is 19.6. The molecule has 0 aliphatic rings. The highest BCUT2D eigenvalue weighted by molar-refractivity contribution is 6.16. The van der Waals surface area contributed by atoms with Crippen molar-refractivity contribution in [2.45, 2.75) is 190 Å². The molecule has 0 heterocycles. The third-order valence-electron chi connectivity index (χ3n) is 13.4. The van der Waals surface area contributed by atoms with Crippen LogP contribution in [0.15, 0.2) is 66.7 Å². The Bertz CT molecular complexity index is 2020. The van der Waals surface area contributed by atoms with Gasteiger partial charge in [0.1, 0.15) is 0 Å². The fraction of sp³-hybridized carbons (Fsp3) is 0.571. The minimum atomic E-state index is 0.00766. The Kier molecular flexibility index (Phi) is 15.4. The molecule has 5 aromatic rings. The van der Waals surface area contributed by atoms with Gasteiger partial charge in [-0.15, -0.1) is 0 Å². The Labute approximate surface area is 344 Å². The molecule has 0 saturated heterocycles. The van der Waals surface area contributed by atoms with Gasteiger partial charge >= 0.3 is 0 Å². The first-order valence-corrected chi connectivity index (χ1v) is 23.4. The van der Waals surface area contributed by atoms with Crippen molar-refractivity contribution in [1.82, 2.24) is 0 Å². The molecule has 0 bridgehead atoms. The lowest BCUT2D eigenvalue weighted by molar-refractivity contribution is 0.449. The van der Waals surface area contributed by atoms with E-state index in [-0.39, 0.29) is 10.8 Å². The predicted octanol–water partition coefficient (Wildman–Crippen LogP) is 17.7. The van der Waals surface area contributed by atoms with Gasteiger partial charge in [0.05, 0.1) is 0 Å². The second-order valence-corrected chi connectivity index (χ2v) is 19.9. The summed E-state index contributed by atoms with van der Waals surface area (Å²) in [6.07, 6.45) is 18.9. The minimum Gasteiger partial charge on any atom is -0.0654 e. The van der Waals surface area contributed by atoms with E-state index in [9.17, 15) is 0 Å². The minimum absolute atomic E-state index is 0.00766. The standard InChI is InChI=1S/C56H80/c1-13-19-24-39(16-4)31-42-29-30-48-52(34-42)54(56(10,11)12)49-28-23-22-27-47(49)53(48)45-35-43(32-40(17-5)25-20-14-2)51-38-46(55(7,8)9)36-44(50(51)37-45)33-41(18-6)26-21-15-3/h22-23,27-30,34-41H,13-21,24-26,31-33H2,1-12H3. The van der Waals surface area contributed by atoms with Crippen molar-refractivity contribution < 1.29 is 0 Å². The van der Waals surface area contributed by atoms with E-state index in [2.05, 4.69) is 150 Å². The summed E-state index contributed by atoms with van der Waals surface area (Å²) < 4.78 is 0. The third-order valence-corrected chi connectivity index (χ3v) is 13.4. The van der Waals surface area contributed by atoms with Crippen LogP contribution in [0.1, 0.15) is 188 Å². The molecule has 0 aliphatic heterocycles. The summed E-state index contributed by atoms with van der Waals surface area (Å²) in [5.41, 5.74) is 10.6. The van der Waals surface area contributed by atoms with Crippen LogP contribution >= 0.6 is 0 Å². The SMILES string of the molecule is CCCCC(CC)Cc1ccc2c(-c3cc(CC(CC)CCCC)c4cc(C(C)(C)C)cc(CC(CC)CCCC)c4c3)c3ccccc3c(C(C)(C)C)c2c1. The number of hydrogen-bond donors (Lipinski definition) is 0. The van der Waals surface area contributed by atoms with Crippen LogP contribution in [0.25, 0.3) is 43.4 Å². The van der Waals surface area contributed by atoms with Gasteiger partial charge in [0.25, 0.3) is 0 Å². The van der Waals surface area contributed by atoms with E-state index in [0.717, 1.165) is 18.8 Å². The van der Waals surface area contributed by atoms with Crippen molar-refractivity contribution in [3.05, 3.63) is 94.5 Å². The first kappa shape index (κ1) is 44.0. The molecule has 0 radical (unpaired) electrons. The van der Waals surface area contributed by atoms with Gasteiger partial charge in [-0.2, -0.15) is 0 Å². The van der Waals surface area contributed by atoms with Gasteiger partial charge in [-0.1, -0.05) is 221 Å². The lowest BCUT2D eigenvalue weighted by Crippen LogP contribution is -2.14. The van der Waals surface area contributed by atoms with E-state index >= 15 is 0 Å². The van der Waals surface area contributed by atoms with E-state index in [1.54, 1.807) is 11.1 Å². The van der Waals surface area contributed by atoms with Crippen molar-refractivity contribution in [3.63, 3.8) is 0 Å². The monoisotopic (exact) mass is 753 g/mol. The van der Waals surface area contributed by atoms with E-state index in [0.29, 0.717) is 11.8 Å². The zero-order valence-corrected chi connectivity index (χ0v) is 38.2. The van der Waals surface area contributed by atoms with Gasteiger partial charge in [0, 0.05) is 0 Å². The summed E-state index contributed by atoms with van der Waals surface area (Å²) >= 11 is 0. The van der Waals surface area contributed by atoms with Crippen LogP contribution in [0, 0.1) is 17.8 Å². The predicted molar refractivity (Wildman–Crippen MR) is 253 cm³/mol. The van der Waals surface area contributed by atoms with Crippen molar-refractivity contribution in [1.29, 1.82) is 0 Å². The number of fused-ring (bicyclic) bond motifs is 3. The Balaban J connectivity index is 1.88. The second-order valence-electron chi connectivity index (χ2n) is 19.9. The van der Waals surface area contributed by atoms with Crippen molar-refractivity contribution >= 4 is 32.3 Å². The van der Waals surface area contributed by atoms with Gasteiger partial charge < -0.3 is 0 Å². The number of hydrogen-bond acceptors (Lipinski definition) is 0. The van der Waals surface area contributed by atoms with Gasteiger partial charge in [-0.05, 0) is 125 Å². The average Bonchev–Trinajstić information content (AvgIpc) is 3.17. The summed E-state index contributed by atoms with van der Waals surface area (Å²) in [6, 6.07) is 27.5. The first-order chi connectivity index (χ1) is 26.8. The molecule has 3 atom stereocenters. The van der Waals surface area contributed by atoms with Crippen molar-refractivity contribution in [2.24, 2.45) is 17.8 Å². The molecule has 3 unspecified atom stereocenters. The lowest BCUT2D eigenvalue weighted by atomic mass is 9.76. The molecule has 5 aromatic carbocycles. The van der Waals surface area contributed by atoms with Crippen LogP contribution in [-0.2, 0) is 30.1 Å². The van der Waals surface area contributed by atoms with Crippen molar-refractivity contribution in [2.75, 3.05) is 0 Å².